The molecule has 2 aromatic heterocycles. The van der Waals surface area contributed by atoms with E-state index < -0.39 is 10.8 Å². The molecule has 1 aliphatic rings. The summed E-state index contributed by atoms with van der Waals surface area (Å²) in [5.74, 6) is 0.316. The number of rotatable bonds is 5. The molecular formula is C17H20FN5OS2. The van der Waals surface area contributed by atoms with Crippen molar-refractivity contribution in [2.75, 3.05) is 45.5 Å². The summed E-state index contributed by atoms with van der Waals surface area (Å²) in [5.41, 5.74) is 1.57. The van der Waals surface area contributed by atoms with Crippen LogP contribution in [-0.2, 0) is 10.8 Å². The second-order valence-corrected chi connectivity index (χ2v) is 9.12. The number of nitrogens with zero attached hydrogens (tertiary/aromatic N) is 5. The van der Waals surface area contributed by atoms with Gasteiger partial charge in [0, 0.05) is 44.0 Å². The monoisotopic (exact) mass is 393 g/mol. The van der Waals surface area contributed by atoms with E-state index in [1.807, 2.05) is 0 Å². The van der Waals surface area contributed by atoms with Gasteiger partial charge in [0.05, 0.1) is 22.7 Å². The molecule has 26 heavy (non-hydrogen) atoms. The lowest BCUT2D eigenvalue weighted by molar-refractivity contribution is 0.161. The summed E-state index contributed by atoms with van der Waals surface area (Å²) in [5, 5.41) is 4.42. The molecule has 0 bridgehead atoms. The number of aromatic nitrogens is 3. The molecule has 0 aliphatic carbocycles. The van der Waals surface area contributed by atoms with E-state index in [0.717, 1.165) is 44.0 Å². The van der Waals surface area contributed by atoms with E-state index in [9.17, 15) is 8.60 Å². The molecule has 9 heteroatoms. The highest BCUT2D eigenvalue weighted by atomic mass is 32.2. The van der Waals surface area contributed by atoms with Gasteiger partial charge in [0.25, 0.3) is 0 Å². The van der Waals surface area contributed by atoms with Gasteiger partial charge in [-0.05, 0) is 31.3 Å². The number of hydrogen-bond acceptors (Lipinski definition) is 6. The molecule has 3 heterocycles. The van der Waals surface area contributed by atoms with E-state index in [1.54, 1.807) is 22.8 Å². The van der Waals surface area contributed by atoms with Gasteiger partial charge in [0.2, 0.25) is 9.30 Å². The van der Waals surface area contributed by atoms with Gasteiger partial charge in [0.1, 0.15) is 5.82 Å². The maximum absolute atomic E-state index is 13.0. The molecule has 0 saturated carbocycles. The Kier molecular flexibility index (Phi) is 5.12. The van der Waals surface area contributed by atoms with Crippen LogP contribution in [0.5, 0.6) is 0 Å². The van der Waals surface area contributed by atoms with E-state index in [0.29, 0.717) is 15.1 Å². The fraction of sp³-hybridized carbons (Fsp3) is 0.412. The predicted octanol–water partition coefficient (Wildman–Crippen LogP) is 1.95. The fourth-order valence-corrected chi connectivity index (χ4v) is 5.14. The summed E-state index contributed by atoms with van der Waals surface area (Å²) < 4.78 is 27.9. The largest absolute Gasteiger partial charge is 0.304 e. The molecule has 1 aromatic carbocycles. The maximum atomic E-state index is 13.0. The summed E-state index contributed by atoms with van der Waals surface area (Å²) >= 11 is 1.35. The normalized spacial score (nSPS) is 17.8. The molecular weight excluding hydrogens is 373 g/mol. The fourth-order valence-electron chi connectivity index (χ4n) is 2.90. The predicted molar refractivity (Wildman–Crippen MR) is 101 cm³/mol. The van der Waals surface area contributed by atoms with Crippen molar-refractivity contribution in [1.82, 2.24) is 24.4 Å². The zero-order chi connectivity index (χ0) is 18.1. The van der Waals surface area contributed by atoms with E-state index in [4.69, 9.17) is 0 Å². The van der Waals surface area contributed by atoms with E-state index in [2.05, 4.69) is 26.9 Å². The summed E-state index contributed by atoms with van der Waals surface area (Å²) in [4.78, 5) is 9.88. The maximum Gasteiger partial charge on any atom is 0.213 e. The highest BCUT2D eigenvalue weighted by molar-refractivity contribution is 7.87. The molecule has 1 fully saturated rings. The van der Waals surface area contributed by atoms with Crippen LogP contribution in [0.4, 0.5) is 4.39 Å². The van der Waals surface area contributed by atoms with Crippen LogP contribution < -0.4 is 0 Å². The second kappa shape index (κ2) is 7.51. The molecule has 138 valence electrons. The third-order valence-corrected chi connectivity index (χ3v) is 7.10. The first-order chi connectivity index (χ1) is 12.6. The Balaban J connectivity index is 1.42. The molecule has 1 aliphatic heterocycles. The van der Waals surface area contributed by atoms with Crippen LogP contribution in [0, 0.1) is 5.82 Å². The van der Waals surface area contributed by atoms with Crippen LogP contribution in [0.2, 0.25) is 0 Å². The van der Waals surface area contributed by atoms with Crippen molar-refractivity contribution in [3.8, 4) is 11.3 Å². The van der Waals surface area contributed by atoms with Crippen molar-refractivity contribution in [3.63, 3.8) is 0 Å². The van der Waals surface area contributed by atoms with Crippen molar-refractivity contribution in [3.05, 3.63) is 36.3 Å². The number of hydrogen-bond donors (Lipinski definition) is 0. The van der Waals surface area contributed by atoms with E-state index >= 15 is 0 Å². The van der Waals surface area contributed by atoms with Gasteiger partial charge >= 0.3 is 0 Å². The molecule has 1 unspecified atom stereocenters. The SMILES string of the molecule is CN1CCN(CCS(=O)c2nn3cc(-c4ccc(F)cc4)nc3s2)CC1. The molecule has 3 aromatic rings. The minimum Gasteiger partial charge on any atom is -0.304 e. The number of piperazine rings is 1. The van der Waals surface area contributed by atoms with Gasteiger partial charge in [-0.15, -0.1) is 5.10 Å². The number of halogens is 1. The minimum atomic E-state index is -1.12. The molecule has 1 atom stereocenters. The molecule has 4 rings (SSSR count). The Labute approximate surface area is 157 Å². The third-order valence-electron chi connectivity index (χ3n) is 4.55. The average Bonchev–Trinajstić information content (AvgIpc) is 3.21. The zero-order valence-electron chi connectivity index (χ0n) is 14.5. The molecule has 0 N–H and O–H groups in total. The van der Waals surface area contributed by atoms with Gasteiger partial charge in [-0.2, -0.15) is 0 Å². The Bertz CT molecular complexity index is 884. The summed E-state index contributed by atoms with van der Waals surface area (Å²) in [6.45, 7) is 4.99. The van der Waals surface area contributed by atoms with Gasteiger partial charge in [-0.3, -0.25) is 9.11 Å². The van der Waals surface area contributed by atoms with Crippen molar-refractivity contribution in [2.45, 2.75) is 4.34 Å². The smallest absolute Gasteiger partial charge is 0.213 e. The first-order valence-corrected chi connectivity index (χ1v) is 10.6. The van der Waals surface area contributed by atoms with Gasteiger partial charge in [-0.1, -0.05) is 11.3 Å². The first-order valence-electron chi connectivity index (χ1n) is 8.50. The van der Waals surface area contributed by atoms with Crippen LogP contribution in [0.15, 0.2) is 34.8 Å². The van der Waals surface area contributed by atoms with Crippen LogP contribution in [0.1, 0.15) is 0 Å². The topological polar surface area (TPSA) is 53.7 Å². The number of fused-ring (bicyclic) bond motifs is 1. The lowest BCUT2D eigenvalue weighted by Crippen LogP contribution is -2.45. The second-order valence-electron chi connectivity index (χ2n) is 6.42. The van der Waals surface area contributed by atoms with Crippen LogP contribution >= 0.6 is 11.3 Å². The van der Waals surface area contributed by atoms with Gasteiger partial charge in [0.15, 0.2) is 0 Å². The number of imidazole rings is 1. The Morgan fingerprint density at radius 1 is 1.19 bits per heavy atom. The van der Waals surface area contributed by atoms with Crippen LogP contribution in [-0.4, -0.2) is 74.1 Å². The Morgan fingerprint density at radius 3 is 2.62 bits per heavy atom. The molecule has 1 saturated heterocycles. The third kappa shape index (κ3) is 3.85. The lowest BCUT2D eigenvalue weighted by Gasteiger charge is -2.32. The highest BCUT2D eigenvalue weighted by Crippen LogP contribution is 2.24. The minimum absolute atomic E-state index is 0.272. The van der Waals surface area contributed by atoms with Crippen molar-refractivity contribution < 1.29 is 8.60 Å². The zero-order valence-corrected chi connectivity index (χ0v) is 16.1. The lowest BCUT2D eigenvalue weighted by atomic mass is 10.2. The summed E-state index contributed by atoms with van der Waals surface area (Å²) in [6, 6.07) is 6.21. The van der Waals surface area contributed by atoms with E-state index in [1.165, 1.54) is 23.5 Å². The van der Waals surface area contributed by atoms with Crippen molar-refractivity contribution >= 4 is 27.1 Å². The van der Waals surface area contributed by atoms with Crippen LogP contribution in [0.25, 0.3) is 16.2 Å². The molecule has 0 spiro atoms. The Morgan fingerprint density at radius 2 is 1.92 bits per heavy atom. The van der Waals surface area contributed by atoms with E-state index in [-0.39, 0.29) is 5.82 Å². The number of likely N-dealkylation sites (N-methyl/N-ethyl adjacent to an activating group) is 1. The molecule has 0 amide bonds. The van der Waals surface area contributed by atoms with Gasteiger partial charge in [-0.25, -0.2) is 13.9 Å². The first kappa shape index (κ1) is 17.7. The summed E-state index contributed by atoms with van der Waals surface area (Å²) in [6.07, 6.45) is 1.79. The van der Waals surface area contributed by atoms with Gasteiger partial charge < -0.3 is 4.90 Å². The standard InChI is InChI=1S/C17H20FN5OS2/c1-21-6-8-22(9-7-21)10-11-26(24)17-20-23-12-15(19-16(23)25-17)13-2-4-14(18)5-3-13/h2-5,12H,6-11H2,1H3. The molecule has 6 nitrogen and oxygen atoms in total. The quantitative estimate of drug-likeness (QED) is 0.663. The summed E-state index contributed by atoms with van der Waals surface area (Å²) in [7, 11) is 1.01. The highest BCUT2D eigenvalue weighted by Gasteiger charge is 2.18. The van der Waals surface area contributed by atoms with Crippen LogP contribution in [0.3, 0.4) is 0 Å². The van der Waals surface area contributed by atoms with Crippen molar-refractivity contribution in [1.29, 1.82) is 0 Å². The molecule has 0 radical (unpaired) electrons. The van der Waals surface area contributed by atoms with Crippen molar-refractivity contribution in [2.24, 2.45) is 0 Å². The average molecular weight is 394 g/mol. The number of benzene rings is 1. The Hall–Kier alpha value is -1.68.